The highest BCUT2D eigenvalue weighted by Crippen LogP contribution is 2.29. The Bertz CT molecular complexity index is 1140. The normalized spacial score (nSPS) is 11.2. The Morgan fingerprint density at radius 2 is 2.04 bits per heavy atom. The van der Waals surface area contributed by atoms with Gasteiger partial charge < -0.3 is 9.72 Å². The summed E-state index contributed by atoms with van der Waals surface area (Å²) in [5.41, 5.74) is 4.08. The highest BCUT2D eigenvalue weighted by molar-refractivity contribution is 7.98. The molecule has 27 heavy (non-hydrogen) atoms. The van der Waals surface area contributed by atoms with Crippen LogP contribution >= 0.6 is 11.8 Å². The molecular weight excluding hydrogens is 360 g/mol. The molecule has 0 spiro atoms. The molecule has 0 aliphatic rings. The maximum atomic E-state index is 11.7. The van der Waals surface area contributed by atoms with Crippen LogP contribution < -0.4 is 4.74 Å². The first-order chi connectivity index (χ1) is 13.2. The van der Waals surface area contributed by atoms with E-state index < -0.39 is 0 Å². The fraction of sp³-hybridized carbons (Fsp3) is 0.200. The monoisotopic (exact) mass is 378 g/mol. The minimum absolute atomic E-state index is 0.0294. The molecule has 2 heterocycles. The number of carbonyl (C=O) groups is 1. The van der Waals surface area contributed by atoms with Gasteiger partial charge in [-0.25, -0.2) is 4.98 Å². The first-order valence-electron chi connectivity index (χ1n) is 8.66. The molecule has 0 fully saturated rings. The Hall–Kier alpha value is -2.93. The van der Waals surface area contributed by atoms with Crippen LogP contribution in [-0.4, -0.2) is 32.6 Å². The molecule has 0 unspecified atom stereocenters. The van der Waals surface area contributed by atoms with Gasteiger partial charge in [0, 0.05) is 27.8 Å². The number of thioether (sulfide) groups is 1. The minimum atomic E-state index is 0.0294. The van der Waals surface area contributed by atoms with Gasteiger partial charge >= 0.3 is 0 Å². The minimum Gasteiger partial charge on any atom is -0.494 e. The van der Waals surface area contributed by atoms with Gasteiger partial charge in [0.25, 0.3) is 0 Å². The van der Waals surface area contributed by atoms with Gasteiger partial charge in [-0.05, 0) is 38.1 Å². The number of benzene rings is 2. The van der Waals surface area contributed by atoms with Gasteiger partial charge in [0.15, 0.2) is 11.4 Å². The summed E-state index contributed by atoms with van der Waals surface area (Å²) in [6, 6.07) is 13.4. The fourth-order valence-corrected chi connectivity index (χ4v) is 3.68. The quantitative estimate of drug-likeness (QED) is 0.396. The average molecular weight is 378 g/mol. The number of para-hydroxylation sites is 1. The predicted molar refractivity (Wildman–Crippen MR) is 106 cm³/mol. The summed E-state index contributed by atoms with van der Waals surface area (Å²) in [6.45, 7) is 4.06. The largest absolute Gasteiger partial charge is 0.494 e. The van der Waals surface area contributed by atoms with Crippen LogP contribution in [0, 0.1) is 0 Å². The Labute approximate surface area is 160 Å². The number of hydrogen-bond donors (Lipinski definition) is 1. The third kappa shape index (κ3) is 3.50. The molecule has 0 amide bonds. The van der Waals surface area contributed by atoms with Crippen LogP contribution in [0.4, 0.5) is 0 Å². The van der Waals surface area contributed by atoms with Crippen molar-refractivity contribution < 1.29 is 9.53 Å². The maximum Gasteiger partial charge on any atom is 0.211 e. The number of rotatable bonds is 6. The van der Waals surface area contributed by atoms with Crippen LogP contribution in [-0.2, 0) is 5.75 Å². The van der Waals surface area contributed by atoms with Gasteiger partial charge in [-0.1, -0.05) is 30.0 Å². The molecule has 2 aromatic carbocycles. The molecule has 0 atom stereocenters. The van der Waals surface area contributed by atoms with E-state index in [0.29, 0.717) is 23.1 Å². The zero-order valence-electron chi connectivity index (χ0n) is 15.0. The number of Topliss-reactive ketones (excluding diaryl/α,β-unsaturated/α-hetero) is 1. The van der Waals surface area contributed by atoms with E-state index in [9.17, 15) is 4.79 Å². The molecular formula is C20H18N4O2S. The number of aromatic amines is 1. The third-order valence-electron chi connectivity index (χ3n) is 4.23. The zero-order chi connectivity index (χ0) is 18.8. The average Bonchev–Trinajstić information content (AvgIpc) is 3.05. The van der Waals surface area contributed by atoms with E-state index in [1.807, 2.05) is 43.3 Å². The maximum absolute atomic E-state index is 11.7. The van der Waals surface area contributed by atoms with E-state index >= 15 is 0 Å². The van der Waals surface area contributed by atoms with Crippen molar-refractivity contribution in [2.75, 3.05) is 6.61 Å². The topological polar surface area (TPSA) is 80.8 Å². The smallest absolute Gasteiger partial charge is 0.211 e. The number of nitrogens with one attached hydrogen (secondary N) is 1. The standard InChI is InChI=1S/C20H18N4O2S/c1-3-26-17-9-8-13(12(2)25)10-14(17)11-27-20-22-19-18(23-24-20)15-6-4-5-7-16(15)21-19/h4-10H,3,11H2,1-2H3,(H,21,22,24). The Kier molecular flexibility index (Phi) is 4.77. The molecule has 0 bridgehead atoms. The molecule has 6 nitrogen and oxygen atoms in total. The summed E-state index contributed by atoms with van der Waals surface area (Å²) in [5.74, 6) is 1.39. The molecule has 4 aromatic rings. The van der Waals surface area contributed by atoms with Gasteiger partial charge in [0.05, 0.1) is 6.61 Å². The van der Waals surface area contributed by atoms with E-state index in [0.717, 1.165) is 33.4 Å². The second kappa shape index (κ2) is 7.36. The molecule has 2 aromatic heterocycles. The lowest BCUT2D eigenvalue weighted by Crippen LogP contribution is -2.00. The fourth-order valence-electron chi connectivity index (χ4n) is 2.92. The van der Waals surface area contributed by atoms with Crippen molar-refractivity contribution in [2.45, 2.75) is 24.8 Å². The summed E-state index contributed by atoms with van der Waals surface area (Å²) in [6.07, 6.45) is 0. The summed E-state index contributed by atoms with van der Waals surface area (Å²) >= 11 is 1.46. The van der Waals surface area contributed by atoms with Gasteiger partial charge in [0.1, 0.15) is 11.3 Å². The lowest BCUT2D eigenvalue weighted by atomic mass is 10.1. The molecule has 0 saturated heterocycles. The Morgan fingerprint density at radius 1 is 1.19 bits per heavy atom. The van der Waals surface area contributed by atoms with Crippen molar-refractivity contribution in [3.05, 3.63) is 53.6 Å². The Morgan fingerprint density at radius 3 is 2.85 bits per heavy atom. The highest BCUT2D eigenvalue weighted by atomic mass is 32.2. The number of ether oxygens (including phenoxy) is 1. The summed E-state index contributed by atoms with van der Waals surface area (Å²) in [5, 5.41) is 10.2. The number of aromatic nitrogens is 4. The predicted octanol–water partition coefficient (Wildman–Crippen LogP) is 4.40. The van der Waals surface area contributed by atoms with Crippen LogP contribution in [0.25, 0.3) is 22.1 Å². The molecule has 136 valence electrons. The van der Waals surface area contributed by atoms with Crippen LogP contribution in [0.15, 0.2) is 47.6 Å². The van der Waals surface area contributed by atoms with Crippen molar-refractivity contribution in [3.8, 4) is 5.75 Å². The van der Waals surface area contributed by atoms with Crippen molar-refractivity contribution in [2.24, 2.45) is 0 Å². The highest BCUT2D eigenvalue weighted by Gasteiger charge is 2.12. The molecule has 0 radical (unpaired) electrons. The number of ketones is 1. The number of fused-ring (bicyclic) bond motifs is 3. The molecule has 7 heteroatoms. The first kappa shape index (κ1) is 17.5. The van der Waals surface area contributed by atoms with Crippen molar-refractivity contribution in [3.63, 3.8) is 0 Å². The molecule has 0 aliphatic carbocycles. The van der Waals surface area contributed by atoms with Crippen LogP contribution in [0.1, 0.15) is 29.8 Å². The second-order valence-electron chi connectivity index (χ2n) is 6.06. The molecule has 4 rings (SSSR count). The van der Waals surface area contributed by atoms with Crippen LogP contribution in [0.5, 0.6) is 5.75 Å². The van der Waals surface area contributed by atoms with Crippen LogP contribution in [0.3, 0.4) is 0 Å². The SMILES string of the molecule is CCOc1ccc(C(C)=O)cc1CSc1nnc2c(n1)[nH]c1ccccc12. The van der Waals surface area contributed by atoms with Crippen LogP contribution in [0.2, 0.25) is 0 Å². The molecule has 0 aliphatic heterocycles. The summed E-state index contributed by atoms with van der Waals surface area (Å²) in [4.78, 5) is 19.5. The molecule has 1 N–H and O–H groups in total. The lowest BCUT2D eigenvalue weighted by Gasteiger charge is -2.10. The number of nitrogens with zero attached hydrogens (tertiary/aromatic N) is 3. The Balaban J connectivity index is 1.62. The van der Waals surface area contributed by atoms with Crippen molar-refractivity contribution in [1.29, 1.82) is 0 Å². The zero-order valence-corrected chi connectivity index (χ0v) is 15.8. The lowest BCUT2D eigenvalue weighted by molar-refractivity contribution is 0.101. The van der Waals surface area contributed by atoms with Crippen molar-refractivity contribution >= 4 is 39.6 Å². The number of carbonyl (C=O) groups excluding carboxylic acids is 1. The van der Waals surface area contributed by atoms with E-state index in [2.05, 4.69) is 20.2 Å². The van der Waals surface area contributed by atoms with Gasteiger partial charge in [0.2, 0.25) is 5.16 Å². The van der Waals surface area contributed by atoms with Crippen molar-refractivity contribution in [1.82, 2.24) is 20.2 Å². The first-order valence-corrected chi connectivity index (χ1v) is 9.65. The number of hydrogen-bond acceptors (Lipinski definition) is 6. The third-order valence-corrected chi connectivity index (χ3v) is 5.11. The summed E-state index contributed by atoms with van der Waals surface area (Å²) in [7, 11) is 0. The van der Waals surface area contributed by atoms with E-state index in [-0.39, 0.29) is 5.78 Å². The van der Waals surface area contributed by atoms with E-state index in [4.69, 9.17) is 4.74 Å². The van der Waals surface area contributed by atoms with E-state index in [1.54, 1.807) is 13.0 Å². The van der Waals surface area contributed by atoms with Gasteiger partial charge in [-0.15, -0.1) is 10.2 Å². The van der Waals surface area contributed by atoms with Gasteiger partial charge in [-0.3, -0.25) is 4.79 Å². The summed E-state index contributed by atoms with van der Waals surface area (Å²) < 4.78 is 5.68. The molecule has 0 saturated carbocycles. The van der Waals surface area contributed by atoms with Gasteiger partial charge in [-0.2, -0.15) is 0 Å². The second-order valence-corrected chi connectivity index (χ2v) is 7.01. The van der Waals surface area contributed by atoms with E-state index in [1.165, 1.54) is 11.8 Å². The number of H-pyrrole nitrogens is 1.